The number of aryl methyl sites for hydroxylation is 1. The molecule has 0 fully saturated rings. The number of hydrogen-bond acceptors (Lipinski definition) is 4. The van der Waals surface area contributed by atoms with Crippen molar-refractivity contribution in [3.05, 3.63) is 45.0 Å². The van der Waals surface area contributed by atoms with Gasteiger partial charge in [0.1, 0.15) is 10.8 Å². The van der Waals surface area contributed by atoms with Gasteiger partial charge in [0.15, 0.2) is 5.11 Å². The number of nitrogens with one attached hydrogen (secondary N) is 2. The largest absolute Gasteiger partial charge is 0.462 e. The number of benzene rings is 1. The zero-order valence-electron chi connectivity index (χ0n) is 13.4. The summed E-state index contributed by atoms with van der Waals surface area (Å²) in [6.45, 7) is 2.10. The quantitative estimate of drug-likeness (QED) is 0.559. The van der Waals surface area contributed by atoms with E-state index in [1.165, 1.54) is 34.4 Å². The van der Waals surface area contributed by atoms with Crippen molar-refractivity contribution in [2.24, 2.45) is 0 Å². The van der Waals surface area contributed by atoms with Gasteiger partial charge < -0.3 is 15.4 Å². The molecule has 2 N–H and O–H groups in total. The first-order valence-electron chi connectivity index (χ1n) is 7.84. The first-order chi connectivity index (χ1) is 12.0. The molecule has 8 heteroatoms. The van der Waals surface area contributed by atoms with Gasteiger partial charge in [0.2, 0.25) is 0 Å². The molecule has 0 amide bonds. The highest BCUT2D eigenvalue weighted by molar-refractivity contribution is 7.80. The first-order valence-corrected chi connectivity index (χ1v) is 9.44. The van der Waals surface area contributed by atoms with Gasteiger partial charge in [-0.05, 0) is 62.2 Å². The summed E-state index contributed by atoms with van der Waals surface area (Å²) in [7, 11) is 0. The minimum atomic E-state index is -0.495. The number of anilines is 2. The Labute approximate surface area is 159 Å². The predicted octanol–water partition coefficient (Wildman–Crippen LogP) is 5.01. The second kappa shape index (κ2) is 7.68. The van der Waals surface area contributed by atoms with Crippen molar-refractivity contribution in [1.82, 2.24) is 0 Å². The SMILES string of the molecule is CCOC(=O)c1c(NC(=S)Nc2ccc(F)c(Cl)c2)sc2c1CCC2. The van der Waals surface area contributed by atoms with E-state index in [2.05, 4.69) is 10.6 Å². The van der Waals surface area contributed by atoms with Crippen LogP contribution in [0.15, 0.2) is 18.2 Å². The minimum Gasteiger partial charge on any atom is -0.462 e. The van der Waals surface area contributed by atoms with Crippen LogP contribution in [0.3, 0.4) is 0 Å². The number of carbonyl (C=O) groups excluding carboxylic acids is 1. The number of esters is 1. The molecule has 132 valence electrons. The number of halogens is 2. The maximum atomic E-state index is 13.2. The Hall–Kier alpha value is -1.70. The van der Waals surface area contributed by atoms with Gasteiger partial charge in [-0.25, -0.2) is 9.18 Å². The van der Waals surface area contributed by atoms with Crippen molar-refractivity contribution in [2.45, 2.75) is 26.2 Å². The highest BCUT2D eigenvalue weighted by Crippen LogP contribution is 2.39. The summed E-state index contributed by atoms with van der Waals surface area (Å²) >= 11 is 12.6. The third kappa shape index (κ3) is 3.94. The second-order valence-corrected chi connectivity index (χ2v) is 7.41. The number of fused-ring (bicyclic) bond motifs is 1. The van der Waals surface area contributed by atoms with Crippen LogP contribution in [0, 0.1) is 5.82 Å². The Bertz CT molecular complexity index is 838. The molecule has 0 saturated heterocycles. The maximum absolute atomic E-state index is 13.2. The highest BCUT2D eigenvalue weighted by atomic mass is 35.5. The Morgan fingerprint density at radius 3 is 2.92 bits per heavy atom. The number of thiocarbonyl (C=S) groups is 1. The van der Waals surface area contributed by atoms with Gasteiger partial charge in [-0.15, -0.1) is 11.3 Å². The highest BCUT2D eigenvalue weighted by Gasteiger charge is 2.27. The molecule has 0 aliphatic heterocycles. The van der Waals surface area contributed by atoms with Gasteiger partial charge >= 0.3 is 5.97 Å². The molecule has 1 aromatic carbocycles. The van der Waals surface area contributed by atoms with Crippen LogP contribution < -0.4 is 10.6 Å². The van der Waals surface area contributed by atoms with E-state index >= 15 is 0 Å². The zero-order valence-corrected chi connectivity index (χ0v) is 15.8. The van der Waals surface area contributed by atoms with E-state index < -0.39 is 5.82 Å². The molecule has 0 saturated carbocycles. The smallest absolute Gasteiger partial charge is 0.341 e. The summed E-state index contributed by atoms with van der Waals surface area (Å²) in [6, 6.07) is 4.25. The molecule has 1 aromatic heterocycles. The van der Waals surface area contributed by atoms with Crippen LogP contribution >= 0.6 is 35.2 Å². The van der Waals surface area contributed by atoms with Crippen LogP contribution in [0.4, 0.5) is 15.1 Å². The van der Waals surface area contributed by atoms with Gasteiger partial charge in [-0.3, -0.25) is 0 Å². The van der Waals surface area contributed by atoms with Crippen molar-refractivity contribution >= 4 is 56.9 Å². The third-order valence-corrected chi connectivity index (χ3v) is 5.51. The van der Waals surface area contributed by atoms with Crippen LogP contribution in [0.25, 0.3) is 0 Å². The van der Waals surface area contributed by atoms with E-state index in [4.69, 9.17) is 28.6 Å². The summed E-state index contributed by atoms with van der Waals surface area (Å²) in [5, 5.41) is 6.99. The van der Waals surface area contributed by atoms with Gasteiger partial charge in [0.05, 0.1) is 17.2 Å². The Morgan fingerprint density at radius 1 is 1.40 bits per heavy atom. The van der Waals surface area contributed by atoms with E-state index in [0.29, 0.717) is 28.0 Å². The lowest BCUT2D eigenvalue weighted by Crippen LogP contribution is -2.20. The Balaban J connectivity index is 1.79. The van der Waals surface area contributed by atoms with Gasteiger partial charge in [0.25, 0.3) is 0 Å². The van der Waals surface area contributed by atoms with Crippen molar-refractivity contribution < 1.29 is 13.9 Å². The van der Waals surface area contributed by atoms with Gasteiger partial charge in [0, 0.05) is 10.6 Å². The lowest BCUT2D eigenvalue weighted by molar-refractivity contribution is 0.0527. The molecule has 25 heavy (non-hydrogen) atoms. The molecule has 2 aromatic rings. The summed E-state index contributed by atoms with van der Waals surface area (Å²) in [5.41, 5.74) is 2.19. The number of thiophene rings is 1. The van der Waals surface area contributed by atoms with Gasteiger partial charge in [-0.2, -0.15) is 0 Å². The van der Waals surface area contributed by atoms with Crippen LogP contribution in [-0.2, 0) is 17.6 Å². The van der Waals surface area contributed by atoms with E-state index in [9.17, 15) is 9.18 Å². The molecular weight excluding hydrogens is 383 g/mol. The molecule has 0 bridgehead atoms. The maximum Gasteiger partial charge on any atom is 0.341 e. The molecule has 3 rings (SSSR count). The van der Waals surface area contributed by atoms with Crippen LogP contribution in [0.1, 0.15) is 34.1 Å². The average Bonchev–Trinajstić information content (AvgIpc) is 3.11. The van der Waals surface area contributed by atoms with Crippen molar-refractivity contribution in [2.75, 3.05) is 17.2 Å². The van der Waals surface area contributed by atoms with E-state index in [-0.39, 0.29) is 11.0 Å². The molecule has 0 radical (unpaired) electrons. The molecule has 0 spiro atoms. The average molecular weight is 399 g/mol. The first kappa shape index (κ1) is 18.1. The second-order valence-electron chi connectivity index (χ2n) is 5.49. The number of hydrogen-bond donors (Lipinski definition) is 2. The number of carbonyl (C=O) groups is 1. The zero-order chi connectivity index (χ0) is 18.0. The summed E-state index contributed by atoms with van der Waals surface area (Å²) in [5.74, 6) is -0.831. The van der Waals surface area contributed by atoms with E-state index in [1.54, 1.807) is 6.92 Å². The van der Waals surface area contributed by atoms with Crippen molar-refractivity contribution in [3.63, 3.8) is 0 Å². The monoisotopic (exact) mass is 398 g/mol. The van der Waals surface area contributed by atoms with E-state index in [0.717, 1.165) is 24.8 Å². The molecular formula is C17H16ClFN2O2S2. The van der Waals surface area contributed by atoms with Gasteiger partial charge in [-0.1, -0.05) is 11.6 Å². The fourth-order valence-electron chi connectivity index (χ4n) is 2.75. The summed E-state index contributed by atoms with van der Waals surface area (Å²) in [6.07, 6.45) is 2.88. The fourth-order valence-corrected chi connectivity index (χ4v) is 4.50. The number of ether oxygens (including phenoxy) is 1. The van der Waals surface area contributed by atoms with Crippen molar-refractivity contribution in [3.8, 4) is 0 Å². The normalized spacial score (nSPS) is 12.6. The molecule has 1 aliphatic rings. The van der Waals surface area contributed by atoms with Crippen LogP contribution in [0.5, 0.6) is 0 Å². The Kier molecular flexibility index (Phi) is 5.56. The van der Waals surface area contributed by atoms with Crippen LogP contribution in [0.2, 0.25) is 5.02 Å². The number of rotatable bonds is 4. The van der Waals surface area contributed by atoms with Crippen LogP contribution in [-0.4, -0.2) is 17.7 Å². The summed E-state index contributed by atoms with van der Waals surface area (Å²) < 4.78 is 18.4. The molecule has 4 nitrogen and oxygen atoms in total. The predicted molar refractivity (Wildman–Crippen MR) is 104 cm³/mol. The molecule has 0 atom stereocenters. The fraction of sp³-hybridized carbons (Fsp3) is 0.294. The minimum absolute atomic E-state index is 0.00936. The third-order valence-electron chi connectivity index (χ3n) is 3.81. The molecule has 1 heterocycles. The standard InChI is InChI=1S/C17H16ClFN2O2S2/c1-2-23-16(22)14-10-4-3-5-13(10)25-15(14)21-17(24)20-9-6-7-12(19)11(18)8-9/h6-8H,2-5H2,1H3,(H2,20,21,24). The topological polar surface area (TPSA) is 50.4 Å². The van der Waals surface area contributed by atoms with Crippen molar-refractivity contribution in [1.29, 1.82) is 0 Å². The lowest BCUT2D eigenvalue weighted by atomic mass is 10.1. The summed E-state index contributed by atoms with van der Waals surface area (Å²) in [4.78, 5) is 13.5. The Morgan fingerprint density at radius 2 is 2.20 bits per heavy atom. The lowest BCUT2D eigenvalue weighted by Gasteiger charge is -2.12. The van der Waals surface area contributed by atoms with E-state index in [1.807, 2.05) is 0 Å². The molecule has 1 aliphatic carbocycles. The molecule has 0 unspecified atom stereocenters.